The van der Waals surface area contributed by atoms with Crippen molar-refractivity contribution in [3.8, 4) is 23.0 Å². The molecule has 2 aromatic carbocycles. The van der Waals surface area contributed by atoms with Gasteiger partial charge >= 0.3 is 23.9 Å². The zero-order chi connectivity index (χ0) is 47.2. The number of hydrogen-bond donors (Lipinski definition) is 2. The molecule has 360 valence electrons. The Bertz CT molecular complexity index is 2380. The Morgan fingerprint density at radius 2 is 1.36 bits per heavy atom. The number of hydrogen-bond acceptors (Lipinski definition) is 18. The molecule has 9 rings (SSSR count). The van der Waals surface area contributed by atoms with Gasteiger partial charge in [0.25, 0.3) is 5.60 Å². The maximum atomic E-state index is 14.4. The minimum atomic E-state index is -2.81. The molecule has 0 aromatic heterocycles. The van der Waals surface area contributed by atoms with Crippen LogP contribution in [0.1, 0.15) is 79.0 Å². The summed E-state index contributed by atoms with van der Waals surface area (Å²) in [6.07, 6.45) is 2.67. The second-order valence-electron chi connectivity index (χ2n) is 18.1. The molecule has 0 radical (unpaired) electrons. The maximum absolute atomic E-state index is 14.4. The highest BCUT2D eigenvalue weighted by Gasteiger charge is 2.56. The van der Waals surface area contributed by atoms with E-state index in [1.807, 2.05) is 36.4 Å². The van der Waals surface area contributed by atoms with Gasteiger partial charge in [0, 0.05) is 50.1 Å². The molecule has 0 unspecified atom stereocenters. The van der Waals surface area contributed by atoms with Crippen LogP contribution in [0, 0.1) is 0 Å². The zero-order valence-electron chi connectivity index (χ0n) is 38.2. The number of benzene rings is 2. The number of ether oxygens (including phenoxy) is 10. The second kappa shape index (κ2) is 18.7. The van der Waals surface area contributed by atoms with Crippen molar-refractivity contribution in [1.82, 2.24) is 9.80 Å². The fourth-order valence-corrected chi connectivity index (χ4v) is 11.2. The standard InChI is InChI=1S/C49H58N2O16/c1-6-7-15-50-16-10-27-19-33-35(64-25-62-33)21-30(27)39-32(50)23-37(58-2)43(39)66-47(55)49(57,46(54)61-5)14-9-8-13-48(56,24-38(52)59-3)45(53)67-44-40-31-22-36-34(63-26-65-36)20-28(31)11-17-51-18-12-29(41(40)51)42(44)60-4/h6,19-23,32,39-41,43-44,56-57H,1,7-18,24-26H2,2-5H3/t32-,39-,40-,41-,43+,44-,48+,49+/m0/s1. The van der Waals surface area contributed by atoms with Crippen LogP contribution in [0.3, 0.4) is 0 Å². The monoisotopic (exact) mass is 930 g/mol. The molecular formula is C49H58N2O16. The fraction of sp³-hybridized carbons (Fsp3) is 0.551. The quantitative estimate of drug-likeness (QED) is 0.0766. The third kappa shape index (κ3) is 8.25. The average molecular weight is 931 g/mol. The molecule has 1 fully saturated rings. The summed E-state index contributed by atoms with van der Waals surface area (Å²) in [5.74, 6) is -2.22. The molecule has 18 nitrogen and oxygen atoms in total. The first kappa shape index (κ1) is 46.3. The lowest BCUT2D eigenvalue weighted by Gasteiger charge is -2.33. The number of carbonyl (C=O) groups excluding carboxylic acids is 4. The van der Waals surface area contributed by atoms with Crippen LogP contribution in [0.15, 0.2) is 60.1 Å². The molecule has 2 aromatic rings. The van der Waals surface area contributed by atoms with Crippen molar-refractivity contribution in [1.29, 1.82) is 0 Å². The maximum Gasteiger partial charge on any atom is 0.350 e. The first-order valence-electron chi connectivity index (χ1n) is 22.8. The highest BCUT2D eigenvalue weighted by atomic mass is 16.7. The van der Waals surface area contributed by atoms with Crippen LogP contribution in [-0.4, -0.2) is 148 Å². The summed E-state index contributed by atoms with van der Waals surface area (Å²) in [6.45, 7) is 6.94. The highest BCUT2D eigenvalue weighted by molar-refractivity contribution is 6.03. The van der Waals surface area contributed by atoms with Crippen molar-refractivity contribution >= 4 is 23.9 Å². The first-order valence-corrected chi connectivity index (χ1v) is 22.8. The number of esters is 4. The van der Waals surface area contributed by atoms with Crippen molar-refractivity contribution in [2.24, 2.45) is 0 Å². The first-order chi connectivity index (χ1) is 32.4. The number of aliphatic hydroxyl groups is 2. The lowest BCUT2D eigenvalue weighted by molar-refractivity contribution is -0.187. The number of methoxy groups -OCH3 is 4. The summed E-state index contributed by atoms with van der Waals surface area (Å²) < 4.78 is 57.0. The van der Waals surface area contributed by atoms with Gasteiger partial charge in [-0.1, -0.05) is 6.08 Å². The third-order valence-corrected chi connectivity index (χ3v) is 14.5. The minimum absolute atomic E-state index is 0.0691. The van der Waals surface area contributed by atoms with Gasteiger partial charge in [0.2, 0.25) is 13.6 Å². The largest absolute Gasteiger partial charge is 0.497 e. The van der Waals surface area contributed by atoms with Crippen molar-refractivity contribution in [2.75, 3.05) is 68.2 Å². The Kier molecular flexibility index (Phi) is 12.9. The Balaban J connectivity index is 0.935. The van der Waals surface area contributed by atoms with Gasteiger partial charge in [0.05, 0.1) is 34.9 Å². The Morgan fingerprint density at radius 3 is 1.99 bits per heavy atom. The van der Waals surface area contributed by atoms with E-state index in [4.69, 9.17) is 47.4 Å². The van der Waals surface area contributed by atoms with E-state index < -0.39 is 72.0 Å². The van der Waals surface area contributed by atoms with Crippen molar-refractivity contribution in [3.63, 3.8) is 0 Å². The van der Waals surface area contributed by atoms with Gasteiger partial charge < -0.3 is 57.6 Å². The number of fused-ring (bicyclic) bond motifs is 7. The molecule has 8 atom stereocenters. The summed E-state index contributed by atoms with van der Waals surface area (Å²) in [5.41, 5.74) is -0.493. The van der Waals surface area contributed by atoms with Crippen LogP contribution in [0.2, 0.25) is 0 Å². The van der Waals surface area contributed by atoms with Gasteiger partial charge in [0.1, 0.15) is 11.5 Å². The van der Waals surface area contributed by atoms with E-state index in [-0.39, 0.29) is 44.9 Å². The smallest absolute Gasteiger partial charge is 0.350 e. The lowest BCUT2D eigenvalue weighted by atomic mass is 9.86. The van der Waals surface area contributed by atoms with Crippen LogP contribution in [-0.2, 0) is 60.4 Å². The molecule has 5 aliphatic heterocycles. The van der Waals surface area contributed by atoms with Crippen molar-refractivity contribution in [3.05, 3.63) is 82.3 Å². The van der Waals surface area contributed by atoms with E-state index in [2.05, 4.69) is 16.4 Å². The number of carbonyl (C=O) groups is 4. The molecular weight excluding hydrogens is 873 g/mol. The normalized spacial score (nSPS) is 26.0. The van der Waals surface area contributed by atoms with E-state index in [9.17, 15) is 29.4 Å². The molecule has 7 aliphatic rings. The summed E-state index contributed by atoms with van der Waals surface area (Å²) in [7, 11) is 5.17. The van der Waals surface area contributed by atoms with Crippen LogP contribution in [0.4, 0.5) is 0 Å². The number of nitrogens with zero attached hydrogens (tertiary/aromatic N) is 2. The van der Waals surface area contributed by atoms with Gasteiger partial charge in [-0.2, -0.15) is 0 Å². The molecule has 67 heavy (non-hydrogen) atoms. The molecule has 0 saturated carbocycles. The molecule has 1 saturated heterocycles. The topological polar surface area (TPSA) is 208 Å². The third-order valence-electron chi connectivity index (χ3n) is 14.5. The number of rotatable bonds is 17. The van der Waals surface area contributed by atoms with Gasteiger partial charge in [-0.05, 0) is 110 Å². The van der Waals surface area contributed by atoms with E-state index in [1.165, 1.54) is 14.2 Å². The van der Waals surface area contributed by atoms with Crippen LogP contribution in [0.25, 0.3) is 0 Å². The van der Waals surface area contributed by atoms with Gasteiger partial charge in [-0.25, -0.2) is 14.4 Å². The van der Waals surface area contributed by atoms with E-state index >= 15 is 0 Å². The fourth-order valence-electron chi connectivity index (χ4n) is 11.2. The molecule has 0 bridgehead atoms. The molecule has 0 amide bonds. The summed E-state index contributed by atoms with van der Waals surface area (Å²) in [6, 6.07) is 7.28. The second-order valence-corrected chi connectivity index (χ2v) is 18.1. The van der Waals surface area contributed by atoms with Crippen molar-refractivity contribution < 1.29 is 76.8 Å². The predicted molar refractivity (Wildman–Crippen MR) is 234 cm³/mol. The summed E-state index contributed by atoms with van der Waals surface area (Å²) in [4.78, 5) is 59.6. The lowest BCUT2D eigenvalue weighted by Crippen LogP contribution is -2.50. The van der Waals surface area contributed by atoms with Gasteiger partial charge in [-0.15, -0.1) is 6.58 Å². The SMILES string of the molecule is C=CCCN1CCc2cc3c(cc2[C@@H]2[C@H](OC(=O)[C@@](O)(CCCC[C@@](O)(CC(=O)OC)C(=O)O[C@@H]4C(OC)=C5CCN6CCc7cc8c(cc7[C@H]4[C@H]56)OCO8)C(=O)OC)C(OC)=C[C@@H]21)OCO3. The van der Waals surface area contributed by atoms with Gasteiger partial charge in [-0.3, -0.25) is 14.6 Å². The minimum Gasteiger partial charge on any atom is -0.497 e. The van der Waals surface area contributed by atoms with Gasteiger partial charge in [0.15, 0.2) is 40.8 Å². The zero-order valence-corrected chi connectivity index (χ0v) is 38.2. The average Bonchev–Trinajstić information content (AvgIpc) is 4.16. The summed E-state index contributed by atoms with van der Waals surface area (Å²) in [5, 5.41) is 24.1. The Hall–Kier alpha value is -5.82. The molecule has 5 heterocycles. The van der Waals surface area contributed by atoms with E-state index in [1.54, 1.807) is 0 Å². The molecule has 0 spiro atoms. The van der Waals surface area contributed by atoms with Crippen molar-refractivity contribution in [2.45, 2.75) is 105 Å². The molecule has 2 aliphatic carbocycles. The van der Waals surface area contributed by atoms with Crippen LogP contribution < -0.4 is 18.9 Å². The molecule has 18 heteroatoms. The summed E-state index contributed by atoms with van der Waals surface area (Å²) >= 11 is 0. The predicted octanol–water partition coefficient (Wildman–Crippen LogP) is 3.48. The Labute approximate surface area is 388 Å². The number of unbranched alkanes of at least 4 members (excludes halogenated alkanes) is 1. The van der Waals surface area contributed by atoms with E-state index in [0.29, 0.717) is 66.9 Å². The van der Waals surface area contributed by atoms with Crippen LogP contribution >= 0.6 is 0 Å². The van der Waals surface area contributed by atoms with E-state index in [0.717, 1.165) is 61.6 Å². The Morgan fingerprint density at radius 1 is 0.746 bits per heavy atom. The highest BCUT2D eigenvalue weighted by Crippen LogP contribution is 2.53. The van der Waals surface area contributed by atoms with Crippen LogP contribution in [0.5, 0.6) is 23.0 Å². The molecule has 2 N–H and O–H groups in total.